The Bertz CT molecular complexity index is 737. The molecule has 132 valence electrons. The Balaban J connectivity index is 2.06. The van der Waals surface area contributed by atoms with Gasteiger partial charge in [0.15, 0.2) is 6.10 Å². The molecule has 0 saturated heterocycles. The summed E-state index contributed by atoms with van der Waals surface area (Å²) in [6.45, 7) is 8.11. The van der Waals surface area contributed by atoms with E-state index in [4.69, 9.17) is 4.74 Å². The van der Waals surface area contributed by atoms with Gasteiger partial charge in [-0.15, -0.1) is 0 Å². The molecule has 0 aliphatic heterocycles. The number of ether oxygens (including phenoxy) is 2. The number of methoxy groups -OCH3 is 1. The van der Waals surface area contributed by atoms with E-state index in [1.807, 2.05) is 24.3 Å². The highest BCUT2D eigenvalue weighted by molar-refractivity contribution is 5.99. The van der Waals surface area contributed by atoms with Crippen molar-refractivity contribution in [1.29, 1.82) is 0 Å². The van der Waals surface area contributed by atoms with E-state index in [-0.39, 0.29) is 11.2 Å². The number of ketones is 1. The van der Waals surface area contributed by atoms with Gasteiger partial charge in [-0.2, -0.15) is 0 Å². The molecule has 4 nitrogen and oxygen atoms in total. The maximum atomic E-state index is 12.5. The van der Waals surface area contributed by atoms with Gasteiger partial charge in [0.1, 0.15) is 5.75 Å². The highest BCUT2D eigenvalue weighted by Crippen LogP contribution is 2.23. The van der Waals surface area contributed by atoms with Crippen LogP contribution in [0.2, 0.25) is 0 Å². The molecule has 0 radical (unpaired) electrons. The van der Waals surface area contributed by atoms with Crippen LogP contribution in [0.15, 0.2) is 48.5 Å². The average molecular weight is 340 g/mol. The number of esters is 1. The number of benzene rings is 2. The highest BCUT2D eigenvalue weighted by atomic mass is 16.5. The van der Waals surface area contributed by atoms with Gasteiger partial charge in [0, 0.05) is 5.56 Å². The van der Waals surface area contributed by atoms with Crippen molar-refractivity contribution >= 4 is 11.8 Å². The maximum Gasteiger partial charge on any atom is 0.337 e. The second-order valence-corrected chi connectivity index (χ2v) is 6.97. The normalized spacial score (nSPS) is 12.4. The van der Waals surface area contributed by atoms with Crippen LogP contribution in [0.25, 0.3) is 0 Å². The third-order valence-electron chi connectivity index (χ3n) is 3.99. The first-order chi connectivity index (χ1) is 11.7. The van der Waals surface area contributed by atoms with Crippen molar-refractivity contribution < 1.29 is 19.1 Å². The first kappa shape index (κ1) is 18.7. The molecular weight excluding hydrogens is 316 g/mol. The van der Waals surface area contributed by atoms with Crippen molar-refractivity contribution in [3.05, 3.63) is 65.2 Å². The average Bonchev–Trinajstić information content (AvgIpc) is 2.60. The van der Waals surface area contributed by atoms with Crippen molar-refractivity contribution in [3.63, 3.8) is 0 Å². The maximum absolute atomic E-state index is 12.5. The van der Waals surface area contributed by atoms with Crippen molar-refractivity contribution in [1.82, 2.24) is 0 Å². The number of hydrogen-bond acceptors (Lipinski definition) is 4. The summed E-state index contributed by atoms with van der Waals surface area (Å²) in [6.07, 6.45) is -0.621. The van der Waals surface area contributed by atoms with Crippen molar-refractivity contribution in [3.8, 4) is 5.75 Å². The van der Waals surface area contributed by atoms with Crippen LogP contribution < -0.4 is 4.74 Å². The number of hydrogen-bond donors (Lipinski definition) is 0. The lowest BCUT2D eigenvalue weighted by Crippen LogP contribution is -2.24. The minimum atomic E-state index is -0.621. The largest absolute Gasteiger partial charge is 0.483 e. The SMILES string of the molecule is COC(=O)c1ccc(O[C@@H](C)C(=O)c2ccc(C(C)(C)C)cc2)cc1. The summed E-state index contributed by atoms with van der Waals surface area (Å²) in [6, 6.07) is 14.1. The summed E-state index contributed by atoms with van der Waals surface area (Å²) < 4.78 is 10.3. The lowest BCUT2D eigenvalue weighted by molar-refractivity contribution is 0.0600. The number of rotatable bonds is 5. The van der Waals surface area contributed by atoms with Crippen LogP contribution in [-0.2, 0) is 10.2 Å². The van der Waals surface area contributed by atoms with E-state index in [9.17, 15) is 9.59 Å². The second-order valence-electron chi connectivity index (χ2n) is 6.97. The fraction of sp³-hybridized carbons (Fsp3) is 0.333. The molecule has 0 spiro atoms. The van der Waals surface area contributed by atoms with E-state index < -0.39 is 12.1 Å². The Hall–Kier alpha value is -2.62. The first-order valence-corrected chi connectivity index (χ1v) is 8.22. The Morgan fingerprint density at radius 2 is 1.40 bits per heavy atom. The predicted octanol–water partition coefficient (Wildman–Crippen LogP) is 4.42. The minimum Gasteiger partial charge on any atom is -0.483 e. The molecule has 25 heavy (non-hydrogen) atoms. The van der Waals surface area contributed by atoms with Crippen LogP contribution in [0.5, 0.6) is 5.75 Å². The zero-order valence-electron chi connectivity index (χ0n) is 15.3. The third-order valence-corrected chi connectivity index (χ3v) is 3.99. The zero-order valence-corrected chi connectivity index (χ0v) is 15.3. The fourth-order valence-electron chi connectivity index (χ4n) is 2.41. The molecule has 2 aromatic rings. The van der Waals surface area contributed by atoms with Gasteiger partial charge in [-0.1, -0.05) is 45.0 Å². The number of Topliss-reactive ketones (excluding diaryl/α,β-unsaturated/α-hetero) is 1. The molecule has 0 amide bonds. The van der Waals surface area contributed by atoms with Crippen molar-refractivity contribution in [2.24, 2.45) is 0 Å². The molecule has 0 aromatic heterocycles. The van der Waals surface area contributed by atoms with Crippen molar-refractivity contribution in [2.45, 2.75) is 39.2 Å². The first-order valence-electron chi connectivity index (χ1n) is 8.22. The lowest BCUT2D eigenvalue weighted by Gasteiger charge is -2.19. The van der Waals surface area contributed by atoms with Crippen LogP contribution >= 0.6 is 0 Å². The summed E-state index contributed by atoms with van der Waals surface area (Å²) in [7, 11) is 1.33. The number of carbonyl (C=O) groups is 2. The molecule has 0 fully saturated rings. The van der Waals surface area contributed by atoms with Crippen LogP contribution in [0, 0.1) is 0 Å². The molecular formula is C21H24O4. The topological polar surface area (TPSA) is 52.6 Å². The molecule has 0 N–H and O–H groups in total. The van der Waals surface area contributed by atoms with E-state index in [1.165, 1.54) is 12.7 Å². The molecule has 1 atom stereocenters. The van der Waals surface area contributed by atoms with Gasteiger partial charge in [-0.3, -0.25) is 4.79 Å². The van der Waals surface area contributed by atoms with E-state index in [0.717, 1.165) is 0 Å². The monoisotopic (exact) mass is 340 g/mol. The van der Waals surface area contributed by atoms with Gasteiger partial charge >= 0.3 is 5.97 Å². The standard InChI is InChI=1S/C21H24O4/c1-14(25-18-12-8-16(9-13-18)20(23)24-5)19(22)15-6-10-17(11-7-15)21(2,3)4/h6-14H,1-5H3/t14-/m0/s1. The van der Waals surface area contributed by atoms with Gasteiger partial charge < -0.3 is 9.47 Å². The van der Waals surface area contributed by atoms with Crippen LogP contribution in [0.3, 0.4) is 0 Å². The lowest BCUT2D eigenvalue weighted by atomic mass is 9.86. The summed E-state index contributed by atoms with van der Waals surface area (Å²) in [5.41, 5.74) is 2.28. The molecule has 0 heterocycles. The molecule has 4 heteroatoms. The molecule has 0 saturated carbocycles. The second kappa shape index (κ2) is 7.51. The van der Waals surface area contributed by atoms with Gasteiger partial charge in [0.2, 0.25) is 5.78 Å². The van der Waals surface area contributed by atoms with Gasteiger partial charge in [-0.25, -0.2) is 4.79 Å². The third kappa shape index (κ3) is 4.69. The molecule has 0 unspecified atom stereocenters. The predicted molar refractivity (Wildman–Crippen MR) is 97.3 cm³/mol. The number of carbonyl (C=O) groups excluding carboxylic acids is 2. The summed E-state index contributed by atoms with van der Waals surface area (Å²) in [5, 5.41) is 0. The Kier molecular flexibility index (Phi) is 5.62. The molecule has 0 aliphatic carbocycles. The van der Waals surface area contributed by atoms with Crippen molar-refractivity contribution in [2.75, 3.05) is 7.11 Å². The molecule has 0 aliphatic rings. The molecule has 2 rings (SSSR count). The quantitative estimate of drug-likeness (QED) is 0.597. The van der Waals surface area contributed by atoms with Gasteiger partial charge in [-0.05, 0) is 42.2 Å². The minimum absolute atomic E-state index is 0.0467. The fourth-order valence-corrected chi connectivity index (χ4v) is 2.41. The summed E-state index contributed by atoms with van der Waals surface area (Å²) >= 11 is 0. The van der Waals surface area contributed by atoms with E-state index >= 15 is 0 Å². The van der Waals surface area contributed by atoms with Crippen LogP contribution in [0.4, 0.5) is 0 Å². The summed E-state index contributed by atoms with van der Waals surface area (Å²) in [5.74, 6) is 0.0342. The molecule has 0 bridgehead atoms. The zero-order chi connectivity index (χ0) is 18.6. The van der Waals surface area contributed by atoms with Gasteiger partial charge in [0.05, 0.1) is 12.7 Å². The van der Waals surface area contributed by atoms with E-state index in [0.29, 0.717) is 16.9 Å². The summed E-state index contributed by atoms with van der Waals surface area (Å²) in [4.78, 5) is 24.0. The van der Waals surface area contributed by atoms with E-state index in [1.54, 1.807) is 31.2 Å². The van der Waals surface area contributed by atoms with E-state index in [2.05, 4.69) is 25.5 Å². The van der Waals surface area contributed by atoms with Gasteiger partial charge in [0.25, 0.3) is 0 Å². The Labute approximate surface area is 148 Å². The Morgan fingerprint density at radius 1 is 0.880 bits per heavy atom. The molecule has 2 aromatic carbocycles. The van der Waals surface area contributed by atoms with Crippen LogP contribution in [-0.4, -0.2) is 25.0 Å². The van der Waals surface area contributed by atoms with Crippen LogP contribution in [0.1, 0.15) is 54.0 Å². The highest BCUT2D eigenvalue weighted by Gasteiger charge is 2.19. The Morgan fingerprint density at radius 3 is 1.88 bits per heavy atom. The smallest absolute Gasteiger partial charge is 0.337 e.